The molecule has 0 aliphatic rings. The summed E-state index contributed by atoms with van der Waals surface area (Å²) < 4.78 is 0. The minimum Gasteiger partial charge on any atom is -0.383 e. The minimum atomic E-state index is 0.191. The average molecular weight is 163 g/mol. The third-order valence-corrected chi connectivity index (χ3v) is 1.71. The predicted molar refractivity (Wildman–Crippen MR) is 50.3 cm³/mol. The summed E-state index contributed by atoms with van der Waals surface area (Å²) in [6.45, 7) is 3.93. The second-order valence-electron chi connectivity index (χ2n) is 3.00. The van der Waals surface area contributed by atoms with Crippen molar-refractivity contribution in [2.45, 2.75) is 13.8 Å². The predicted octanol–water partition coefficient (Wildman–Crippen LogP) is 1.69. The van der Waals surface area contributed by atoms with Gasteiger partial charge in [0.1, 0.15) is 5.82 Å². The Morgan fingerprint density at radius 1 is 1.58 bits per heavy atom. The van der Waals surface area contributed by atoms with Gasteiger partial charge in [0.25, 0.3) is 0 Å². The number of nitrogens with two attached hydrogens (primary N) is 1. The number of rotatable bonds is 2. The van der Waals surface area contributed by atoms with E-state index in [-0.39, 0.29) is 5.92 Å². The molecule has 1 rings (SSSR count). The van der Waals surface area contributed by atoms with Crippen molar-refractivity contribution in [1.29, 1.82) is 5.41 Å². The van der Waals surface area contributed by atoms with Crippen molar-refractivity contribution in [2.24, 2.45) is 5.92 Å². The van der Waals surface area contributed by atoms with Crippen molar-refractivity contribution in [1.82, 2.24) is 4.98 Å². The van der Waals surface area contributed by atoms with Gasteiger partial charge in [-0.2, -0.15) is 0 Å². The summed E-state index contributed by atoms with van der Waals surface area (Å²) in [5.74, 6) is 0.632. The molecule has 0 atom stereocenters. The number of nitrogen functional groups attached to an aromatic ring is 1. The fourth-order valence-corrected chi connectivity index (χ4v) is 0.956. The highest BCUT2D eigenvalue weighted by Gasteiger charge is 2.08. The van der Waals surface area contributed by atoms with Crippen LogP contribution in [0.4, 0.5) is 5.82 Å². The van der Waals surface area contributed by atoms with E-state index >= 15 is 0 Å². The first-order valence-electron chi connectivity index (χ1n) is 3.92. The molecule has 0 unspecified atom stereocenters. The summed E-state index contributed by atoms with van der Waals surface area (Å²) in [5.41, 5.74) is 6.89. The number of pyridine rings is 1. The minimum absolute atomic E-state index is 0.191. The van der Waals surface area contributed by atoms with E-state index in [1.165, 1.54) is 0 Å². The van der Waals surface area contributed by atoms with Crippen LogP contribution in [0, 0.1) is 11.3 Å². The van der Waals surface area contributed by atoms with Crippen LogP contribution in [0.1, 0.15) is 19.4 Å². The van der Waals surface area contributed by atoms with Gasteiger partial charge in [-0.05, 0) is 18.1 Å². The monoisotopic (exact) mass is 163 g/mol. The van der Waals surface area contributed by atoms with Gasteiger partial charge in [-0.1, -0.05) is 13.8 Å². The molecular formula is C9H13N3. The molecule has 0 saturated carbocycles. The van der Waals surface area contributed by atoms with E-state index in [1.807, 2.05) is 19.9 Å². The zero-order chi connectivity index (χ0) is 9.14. The highest BCUT2D eigenvalue weighted by molar-refractivity contribution is 6.02. The lowest BCUT2D eigenvalue weighted by molar-refractivity contribution is 0.877. The standard InChI is InChI=1S/C9H13N3/c1-6(2)8(10)7-4-3-5-12-9(7)11/h3-6,10H,1-2H3,(H2,11,12). The largest absolute Gasteiger partial charge is 0.383 e. The third-order valence-electron chi connectivity index (χ3n) is 1.71. The lowest BCUT2D eigenvalue weighted by Gasteiger charge is -2.08. The number of hydrogen-bond acceptors (Lipinski definition) is 3. The molecule has 1 aromatic heterocycles. The van der Waals surface area contributed by atoms with Crippen molar-refractivity contribution in [2.75, 3.05) is 5.73 Å². The molecule has 3 N–H and O–H groups in total. The van der Waals surface area contributed by atoms with Crippen molar-refractivity contribution >= 4 is 11.5 Å². The van der Waals surface area contributed by atoms with Crippen molar-refractivity contribution in [3.8, 4) is 0 Å². The van der Waals surface area contributed by atoms with E-state index in [9.17, 15) is 0 Å². The van der Waals surface area contributed by atoms with Gasteiger partial charge in [0.2, 0.25) is 0 Å². The van der Waals surface area contributed by atoms with E-state index < -0.39 is 0 Å². The molecule has 3 nitrogen and oxygen atoms in total. The molecule has 0 bridgehead atoms. The Morgan fingerprint density at radius 2 is 2.25 bits per heavy atom. The van der Waals surface area contributed by atoms with E-state index in [2.05, 4.69) is 4.98 Å². The second-order valence-corrected chi connectivity index (χ2v) is 3.00. The summed E-state index contributed by atoms with van der Waals surface area (Å²) in [7, 11) is 0. The van der Waals surface area contributed by atoms with E-state index in [0.29, 0.717) is 11.5 Å². The van der Waals surface area contributed by atoms with E-state index in [0.717, 1.165) is 5.56 Å². The first-order chi connectivity index (χ1) is 5.63. The Morgan fingerprint density at radius 3 is 2.75 bits per heavy atom. The molecule has 12 heavy (non-hydrogen) atoms. The van der Waals surface area contributed by atoms with Crippen LogP contribution in [0.3, 0.4) is 0 Å². The maximum absolute atomic E-state index is 7.71. The molecule has 0 aromatic carbocycles. The fourth-order valence-electron chi connectivity index (χ4n) is 0.956. The molecule has 0 aliphatic carbocycles. The highest BCUT2D eigenvalue weighted by Crippen LogP contribution is 2.12. The molecule has 0 fully saturated rings. The van der Waals surface area contributed by atoms with Crippen molar-refractivity contribution < 1.29 is 0 Å². The van der Waals surface area contributed by atoms with Gasteiger partial charge in [0.05, 0.1) is 0 Å². The Kier molecular flexibility index (Phi) is 2.43. The Bertz CT molecular complexity index is 292. The molecular weight excluding hydrogens is 150 g/mol. The SMILES string of the molecule is CC(C)C(=N)c1cccnc1N. The van der Waals surface area contributed by atoms with Gasteiger partial charge in [0.15, 0.2) is 0 Å². The van der Waals surface area contributed by atoms with Gasteiger partial charge >= 0.3 is 0 Å². The number of nitrogens with zero attached hydrogens (tertiary/aromatic N) is 1. The molecule has 64 valence electrons. The van der Waals surface area contributed by atoms with E-state index in [1.54, 1.807) is 12.3 Å². The zero-order valence-electron chi connectivity index (χ0n) is 7.33. The summed E-state index contributed by atoms with van der Waals surface area (Å²) in [6, 6.07) is 3.62. The summed E-state index contributed by atoms with van der Waals surface area (Å²) in [5, 5.41) is 7.71. The second kappa shape index (κ2) is 3.34. The molecule has 0 saturated heterocycles. The Labute approximate surface area is 72.1 Å². The van der Waals surface area contributed by atoms with Crippen LogP contribution in [0.15, 0.2) is 18.3 Å². The van der Waals surface area contributed by atoms with E-state index in [4.69, 9.17) is 11.1 Å². The van der Waals surface area contributed by atoms with Crippen LogP contribution in [-0.2, 0) is 0 Å². The lowest BCUT2D eigenvalue weighted by atomic mass is 10.0. The topological polar surface area (TPSA) is 62.8 Å². The molecule has 3 heteroatoms. The first kappa shape index (κ1) is 8.71. The fraction of sp³-hybridized carbons (Fsp3) is 0.333. The van der Waals surface area contributed by atoms with Crippen LogP contribution >= 0.6 is 0 Å². The number of aromatic nitrogens is 1. The molecule has 1 heterocycles. The zero-order valence-corrected chi connectivity index (χ0v) is 7.33. The normalized spacial score (nSPS) is 10.2. The number of nitrogens with one attached hydrogen (secondary N) is 1. The molecule has 0 amide bonds. The molecule has 1 aromatic rings. The molecule has 0 radical (unpaired) electrons. The lowest BCUT2D eigenvalue weighted by Crippen LogP contribution is -2.10. The van der Waals surface area contributed by atoms with Crippen LogP contribution in [0.5, 0.6) is 0 Å². The van der Waals surface area contributed by atoms with Crippen molar-refractivity contribution in [3.05, 3.63) is 23.9 Å². The van der Waals surface area contributed by atoms with Gasteiger partial charge < -0.3 is 11.1 Å². The summed E-state index contributed by atoms with van der Waals surface area (Å²) in [4.78, 5) is 3.92. The molecule has 0 spiro atoms. The van der Waals surface area contributed by atoms with Crippen LogP contribution in [-0.4, -0.2) is 10.7 Å². The van der Waals surface area contributed by atoms with Crippen LogP contribution < -0.4 is 5.73 Å². The van der Waals surface area contributed by atoms with Gasteiger partial charge in [-0.3, -0.25) is 0 Å². The maximum atomic E-state index is 7.71. The Hall–Kier alpha value is -1.38. The van der Waals surface area contributed by atoms with Gasteiger partial charge in [-0.25, -0.2) is 4.98 Å². The summed E-state index contributed by atoms with van der Waals surface area (Å²) in [6.07, 6.45) is 1.63. The maximum Gasteiger partial charge on any atom is 0.132 e. The third kappa shape index (κ3) is 1.61. The quantitative estimate of drug-likeness (QED) is 0.651. The average Bonchev–Trinajstić information content (AvgIpc) is 2.04. The van der Waals surface area contributed by atoms with Crippen LogP contribution in [0.2, 0.25) is 0 Å². The van der Waals surface area contributed by atoms with Crippen LogP contribution in [0.25, 0.3) is 0 Å². The van der Waals surface area contributed by atoms with Crippen molar-refractivity contribution in [3.63, 3.8) is 0 Å². The summed E-state index contributed by atoms with van der Waals surface area (Å²) >= 11 is 0. The number of hydrogen-bond donors (Lipinski definition) is 2. The Balaban J connectivity index is 3.03. The van der Waals surface area contributed by atoms with Gasteiger partial charge in [0, 0.05) is 17.5 Å². The number of anilines is 1. The molecule has 0 aliphatic heterocycles. The first-order valence-corrected chi connectivity index (χ1v) is 3.92. The van der Waals surface area contributed by atoms with Gasteiger partial charge in [-0.15, -0.1) is 0 Å². The highest BCUT2D eigenvalue weighted by atomic mass is 14.8. The smallest absolute Gasteiger partial charge is 0.132 e.